The van der Waals surface area contributed by atoms with Crippen molar-refractivity contribution in [2.45, 2.75) is 136 Å². The Hall–Kier alpha value is -0.0831. The van der Waals surface area contributed by atoms with E-state index >= 15 is 0 Å². The van der Waals surface area contributed by atoms with Crippen LogP contribution in [-0.4, -0.2) is 14.9 Å². The highest BCUT2D eigenvalue weighted by Crippen LogP contribution is 2.36. The molecular weight excluding hydrogens is 332 g/mol. The van der Waals surface area contributed by atoms with E-state index in [1.54, 1.807) is 0 Å². The SMILES string of the molecule is CCCCC/C=C\CCCCCCCCCCCO[Si](C)(C)C(C)(C)C. The first-order chi connectivity index (χ1) is 12.3. The molecule has 0 atom stereocenters. The predicted octanol–water partition coefficient (Wildman–Crippen LogP) is 9.05. The molecule has 1 nitrogen and oxygen atoms in total. The largest absolute Gasteiger partial charge is 0.417 e. The van der Waals surface area contributed by atoms with Gasteiger partial charge in [-0.2, -0.15) is 0 Å². The molecule has 0 unspecified atom stereocenters. The first-order valence-corrected chi connectivity index (χ1v) is 14.5. The number of hydrogen-bond donors (Lipinski definition) is 0. The van der Waals surface area contributed by atoms with Gasteiger partial charge in [-0.3, -0.25) is 0 Å². The quantitative estimate of drug-likeness (QED) is 0.138. The standard InChI is InChI=1S/C24H50OSi/c1-7-8-9-10-11-12-13-14-15-16-17-18-19-20-21-22-23-25-26(5,6)24(2,3)4/h11-12H,7-10,13-23H2,1-6H3/b12-11-. The lowest BCUT2D eigenvalue weighted by atomic mass is 10.1. The van der Waals surface area contributed by atoms with Crippen molar-refractivity contribution >= 4 is 8.32 Å². The van der Waals surface area contributed by atoms with E-state index in [0.717, 1.165) is 6.61 Å². The summed E-state index contributed by atoms with van der Waals surface area (Å²) < 4.78 is 6.25. The zero-order chi connectivity index (χ0) is 19.7. The summed E-state index contributed by atoms with van der Waals surface area (Å²) in [4.78, 5) is 0. The van der Waals surface area contributed by atoms with Crippen LogP contribution in [0.3, 0.4) is 0 Å². The first-order valence-electron chi connectivity index (χ1n) is 11.6. The number of allylic oxidation sites excluding steroid dienone is 2. The summed E-state index contributed by atoms with van der Waals surface area (Å²) in [6.45, 7) is 14.9. The van der Waals surface area contributed by atoms with E-state index in [4.69, 9.17) is 4.43 Å². The third-order valence-electron chi connectivity index (χ3n) is 5.93. The van der Waals surface area contributed by atoms with Crippen LogP contribution < -0.4 is 0 Å². The van der Waals surface area contributed by atoms with Crippen molar-refractivity contribution in [3.8, 4) is 0 Å². The molecule has 0 N–H and O–H groups in total. The molecule has 0 bridgehead atoms. The zero-order valence-electron chi connectivity index (χ0n) is 19.2. The van der Waals surface area contributed by atoms with E-state index in [0.29, 0.717) is 5.04 Å². The third kappa shape index (κ3) is 15.0. The summed E-state index contributed by atoms with van der Waals surface area (Å²) in [5, 5.41) is 0.345. The maximum absolute atomic E-state index is 6.25. The second-order valence-electron chi connectivity index (χ2n) is 9.55. The van der Waals surface area contributed by atoms with Crippen LogP contribution in [0.4, 0.5) is 0 Å². The summed E-state index contributed by atoms with van der Waals surface area (Å²) in [5.74, 6) is 0. The molecule has 0 saturated heterocycles. The Morgan fingerprint density at radius 3 is 1.54 bits per heavy atom. The molecule has 0 rings (SSSR count). The summed E-state index contributed by atoms with van der Waals surface area (Å²) in [6, 6.07) is 0. The van der Waals surface area contributed by atoms with Gasteiger partial charge in [0.1, 0.15) is 0 Å². The average Bonchev–Trinajstić information content (AvgIpc) is 2.56. The van der Waals surface area contributed by atoms with Crippen LogP contribution in [0.2, 0.25) is 18.1 Å². The van der Waals surface area contributed by atoms with Crippen molar-refractivity contribution < 1.29 is 4.43 Å². The fraction of sp³-hybridized carbons (Fsp3) is 0.917. The normalized spacial score (nSPS) is 13.0. The van der Waals surface area contributed by atoms with Crippen molar-refractivity contribution in [3.05, 3.63) is 12.2 Å². The van der Waals surface area contributed by atoms with Gasteiger partial charge in [-0.15, -0.1) is 0 Å². The third-order valence-corrected chi connectivity index (χ3v) is 10.5. The van der Waals surface area contributed by atoms with Crippen molar-refractivity contribution in [3.63, 3.8) is 0 Å². The maximum atomic E-state index is 6.25. The average molecular weight is 383 g/mol. The van der Waals surface area contributed by atoms with Gasteiger partial charge < -0.3 is 4.43 Å². The lowest BCUT2D eigenvalue weighted by Crippen LogP contribution is -2.40. The molecule has 0 spiro atoms. The van der Waals surface area contributed by atoms with Gasteiger partial charge in [-0.05, 0) is 50.2 Å². The molecule has 0 radical (unpaired) electrons. The van der Waals surface area contributed by atoms with Gasteiger partial charge in [-0.1, -0.05) is 97.6 Å². The molecule has 0 aromatic heterocycles. The van der Waals surface area contributed by atoms with Crippen LogP contribution in [0, 0.1) is 0 Å². The second kappa shape index (κ2) is 15.9. The molecule has 0 aliphatic carbocycles. The highest BCUT2D eigenvalue weighted by molar-refractivity contribution is 6.74. The first kappa shape index (κ1) is 25.9. The minimum atomic E-state index is -1.52. The maximum Gasteiger partial charge on any atom is 0.191 e. The van der Waals surface area contributed by atoms with Crippen molar-refractivity contribution in [1.29, 1.82) is 0 Å². The monoisotopic (exact) mass is 382 g/mol. The van der Waals surface area contributed by atoms with Gasteiger partial charge in [0.2, 0.25) is 0 Å². The molecule has 0 aromatic carbocycles. The lowest BCUT2D eigenvalue weighted by Gasteiger charge is -2.36. The van der Waals surface area contributed by atoms with Crippen LogP contribution in [0.5, 0.6) is 0 Å². The van der Waals surface area contributed by atoms with Crippen molar-refractivity contribution in [1.82, 2.24) is 0 Å². The molecule has 0 fully saturated rings. The van der Waals surface area contributed by atoms with E-state index in [1.807, 2.05) is 0 Å². The Morgan fingerprint density at radius 1 is 0.654 bits per heavy atom. The zero-order valence-corrected chi connectivity index (χ0v) is 20.2. The molecule has 26 heavy (non-hydrogen) atoms. The number of hydrogen-bond acceptors (Lipinski definition) is 1. The molecule has 0 saturated carbocycles. The van der Waals surface area contributed by atoms with Crippen LogP contribution in [0.1, 0.15) is 118 Å². The van der Waals surface area contributed by atoms with E-state index in [1.165, 1.54) is 89.9 Å². The second-order valence-corrected chi connectivity index (χ2v) is 14.4. The van der Waals surface area contributed by atoms with E-state index in [2.05, 4.69) is 52.9 Å². The fourth-order valence-electron chi connectivity index (χ4n) is 2.89. The lowest BCUT2D eigenvalue weighted by molar-refractivity contribution is 0.277. The molecular formula is C24H50OSi. The smallest absolute Gasteiger partial charge is 0.191 e. The van der Waals surface area contributed by atoms with Crippen molar-refractivity contribution in [2.24, 2.45) is 0 Å². The highest BCUT2D eigenvalue weighted by atomic mass is 28.4. The highest BCUT2D eigenvalue weighted by Gasteiger charge is 2.36. The van der Waals surface area contributed by atoms with Crippen LogP contribution >= 0.6 is 0 Å². The Morgan fingerprint density at radius 2 is 1.08 bits per heavy atom. The van der Waals surface area contributed by atoms with Crippen LogP contribution in [-0.2, 0) is 4.43 Å². The van der Waals surface area contributed by atoms with Crippen LogP contribution in [0.15, 0.2) is 12.2 Å². The summed E-state index contributed by atoms with van der Waals surface area (Å²) in [7, 11) is -1.52. The molecule has 0 aliphatic rings. The van der Waals surface area contributed by atoms with Crippen molar-refractivity contribution in [2.75, 3.05) is 6.61 Å². The number of rotatable bonds is 17. The Kier molecular flexibility index (Phi) is 15.9. The topological polar surface area (TPSA) is 9.23 Å². The molecule has 0 amide bonds. The molecule has 0 aromatic rings. The Bertz CT molecular complexity index is 328. The van der Waals surface area contributed by atoms with E-state index in [9.17, 15) is 0 Å². The minimum Gasteiger partial charge on any atom is -0.417 e. The van der Waals surface area contributed by atoms with Gasteiger partial charge in [0, 0.05) is 6.61 Å². The van der Waals surface area contributed by atoms with Gasteiger partial charge in [0.15, 0.2) is 8.32 Å². The van der Waals surface area contributed by atoms with Gasteiger partial charge in [-0.25, -0.2) is 0 Å². The Balaban J connectivity index is 3.27. The Labute approximate surface area is 167 Å². The molecule has 0 heterocycles. The predicted molar refractivity (Wildman–Crippen MR) is 123 cm³/mol. The molecule has 156 valence electrons. The number of unbranched alkanes of at least 4 members (excludes halogenated alkanes) is 12. The van der Waals surface area contributed by atoms with Gasteiger partial charge >= 0.3 is 0 Å². The molecule has 2 heteroatoms. The minimum absolute atomic E-state index is 0.345. The van der Waals surface area contributed by atoms with Gasteiger partial charge in [0.05, 0.1) is 0 Å². The molecule has 0 aliphatic heterocycles. The summed E-state index contributed by atoms with van der Waals surface area (Å²) >= 11 is 0. The fourth-order valence-corrected chi connectivity index (χ4v) is 3.98. The van der Waals surface area contributed by atoms with E-state index in [-0.39, 0.29) is 0 Å². The van der Waals surface area contributed by atoms with E-state index < -0.39 is 8.32 Å². The van der Waals surface area contributed by atoms with Gasteiger partial charge in [0.25, 0.3) is 0 Å². The van der Waals surface area contributed by atoms with Crippen LogP contribution in [0.25, 0.3) is 0 Å². The summed E-state index contributed by atoms with van der Waals surface area (Å²) in [6.07, 6.45) is 23.9. The summed E-state index contributed by atoms with van der Waals surface area (Å²) in [5.41, 5.74) is 0.